The predicted molar refractivity (Wildman–Crippen MR) is 57.5 cm³/mol. The van der Waals surface area contributed by atoms with Crippen LogP contribution >= 0.6 is 0 Å². The summed E-state index contributed by atoms with van der Waals surface area (Å²) >= 11 is 0. The summed E-state index contributed by atoms with van der Waals surface area (Å²) in [5, 5.41) is 25.0. The van der Waals surface area contributed by atoms with Crippen LogP contribution in [-0.4, -0.2) is 34.2 Å². The van der Waals surface area contributed by atoms with Gasteiger partial charge in [-0.3, -0.25) is 4.79 Å². The topological polar surface area (TPSA) is 99.3 Å². The lowest BCUT2D eigenvalue weighted by atomic mass is 9.88. The number of hydrogen-bond acceptors (Lipinski definition) is 4. The number of carboxylic acids is 2. The summed E-state index contributed by atoms with van der Waals surface area (Å²) in [6, 6.07) is 0. The fourth-order valence-corrected chi connectivity index (χ4v) is 0.742. The molecule has 0 heterocycles. The first-order chi connectivity index (χ1) is 7.15. The normalized spacial score (nSPS) is 16.0. The van der Waals surface area contributed by atoms with Crippen LogP contribution in [0, 0.1) is 5.41 Å². The second-order valence-corrected chi connectivity index (χ2v) is 4.48. The molecule has 0 fully saturated rings. The molecule has 0 spiro atoms. The maximum atomic E-state index is 10.9. The Morgan fingerprint density at radius 1 is 1.12 bits per heavy atom. The Hall–Kier alpha value is -1.46. The van der Waals surface area contributed by atoms with Crippen molar-refractivity contribution in [1.29, 1.82) is 0 Å². The van der Waals surface area contributed by atoms with Crippen molar-refractivity contribution in [3.63, 3.8) is 0 Å². The van der Waals surface area contributed by atoms with E-state index in [1.165, 1.54) is 13.8 Å². The summed E-state index contributed by atoms with van der Waals surface area (Å²) in [7, 11) is 0. The Labute approximate surface area is 94.4 Å². The molecule has 6 nitrogen and oxygen atoms in total. The number of azo groups is 1. The first kappa shape index (κ1) is 14.5. The van der Waals surface area contributed by atoms with Crippen molar-refractivity contribution in [1.82, 2.24) is 0 Å². The standard InChI is InChI=1S/C10H18N2O4/c1-5-10(4,8(15)16)6-11-12-9(2,3)7(13)14/h5-6H2,1-4H3,(H,13,14)(H,15,16). The Kier molecular flexibility index (Phi) is 4.59. The van der Waals surface area contributed by atoms with Crippen molar-refractivity contribution in [2.24, 2.45) is 15.6 Å². The largest absolute Gasteiger partial charge is 0.481 e. The molecular formula is C10H18N2O4. The van der Waals surface area contributed by atoms with Gasteiger partial charge < -0.3 is 10.2 Å². The second-order valence-electron chi connectivity index (χ2n) is 4.48. The molecule has 0 aliphatic heterocycles. The summed E-state index contributed by atoms with van der Waals surface area (Å²) in [6.45, 7) is 6.09. The number of hydrogen-bond donors (Lipinski definition) is 2. The van der Waals surface area contributed by atoms with Crippen LogP contribution in [0.25, 0.3) is 0 Å². The zero-order valence-corrected chi connectivity index (χ0v) is 10.0. The SMILES string of the molecule is CCC(C)(CN=NC(C)(C)C(=O)O)C(=O)O. The number of aliphatic carboxylic acids is 2. The number of carboxylic acid groups (broad SMARTS) is 2. The molecular weight excluding hydrogens is 212 g/mol. The van der Waals surface area contributed by atoms with E-state index in [4.69, 9.17) is 10.2 Å². The van der Waals surface area contributed by atoms with Crippen molar-refractivity contribution in [2.45, 2.75) is 39.7 Å². The quantitative estimate of drug-likeness (QED) is 0.679. The van der Waals surface area contributed by atoms with Crippen LogP contribution in [-0.2, 0) is 9.59 Å². The summed E-state index contributed by atoms with van der Waals surface area (Å²) in [4.78, 5) is 21.6. The highest BCUT2D eigenvalue weighted by Crippen LogP contribution is 2.22. The van der Waals surface area contributed by atoms with E-state index in [-0.39, 0.29) is 6.54 Å². The van der Waals surface area contributed by atoms with Gasteiger partial charge in [0.25, 0.3) is 0 Å². The van der Waals surface area contributed by atoms with Gasteiger partial charge in [0.1, 0.15) is 0 Å². The van der Waals surface area contributed by atoms with E-state index in [2.05, 4.69) is 10.2 Å². The lowest BCUT2D eigenvalue weighted by molar-refractivity contribution is -0.147. The van der Waals surface area contributed by atoms with Gasteiger partial charge in [0.05, 0.1) is 12.0 Å². The summed E-state index contributed by atoms with van der Waals surface area (Å²) in [5.41, 5.74) is -2.30. The third kappa shape index (κ3) is 3.60. The van der Waals surface area contributed by atoms with E-state index in [0.717, 1.165) is 0 Å². The highest BCUT2D eigenvalue weighted by atomic mass is 16.4. The molecule has 2 N–H and O–H groups in total. The van der Waals surface area contributed by atoms with Gasteiger partial charge in [-0.25, -0.2) is 4.79 Å². The van der Waals surface area contributed by atoms with Crippen LogP contribution in [0.5, 0.6) is 0 Å². The number of rotatable bonds is 6. The van der Waals surface area contributed by atoms with Gasteiger partial charge in [-0.05, 0) is 27.2 Å². The van der Waals surface area contributed by atoms with E-state index in [0.29, 0.717) is 6.42 Å². The lowest BCUT2D eigenvalue weighted by Gasteiger charge is -2.20. The van der Waals surface area contributed by atoms with Gasteiger partial charge in [0, 0.05) is 0 Å². The molecule has 0 bridgehead atoms. The molecule has 0 saturated carbocycles. The minimum absolute atomic E-state index is 0.0183. The van der Waals surface area contributed by atoms with Crippen molar-refractivity contribution < 1.29 is 19.8 Å². The number of carbonyl (C=O) groups is 2. The second kappa shape index (κ2) is 5.05. The summed E-state index contributed by atoms with van der Waals surface area (Å²) in [5.74, 6) is -2.05. The molecule has 0 rings (SSSR count). The molecule has 0 radical (unpaired) electrons. The predicted octanol–water partition coefficient (Wildman–Crippen LogP) is 1.80. The average molecular weight is 230 g/mol. The van der Waals surface area contributed by atoms with Gasteiger partial charge in [-0.1, -0.05) is 6.92 Å². The van der Waals surface area contributed by atoms with Gasteiger partial charge in [-0.15, -0.1) is 0 Å². The van der Waals surface area contributed by atoms with Gasteiger partial charge in [0.15, 0.2) is 5.54 Å². The van der Waals surface area contributed by atoms with E-state index in [1.54, 1.807) is 13.8 Å². The third-order valence-corrected chi connectivity index (χ3v) is 2.56. The summed E-state index contributed by atoms with van der Waals surface area (Å²) in [6.07, 6.45) is 0.412. The van der Waals surface area contributed by atoms with Crippen LogP contribution in [0.15, 0.2) is 10.2 Å². The molecule has 0 aliphatic rings. The molecule has 0 amide bonds. The highest BCUT2D eigenvalue weighted by molar-refractivity contribution is 5.77. The minimum Gasteiger partial charge on any atom is -0.481 e. The van der Waals surface area contributed by atoms with Gasteiger partial charge in [0.2, 0.25) is 0 Å². The maximum Gasteiger partial charge on any atom is 0.332 e. The summed E-state index contributed by atoms with van der Waals surface area (Å²) < 4.78 is 0. The fraction of sp³-hybridized carbons (Fsp3) is 0.800. The molecule has 0 saturated heterocycles. The first-order valence-corrected chi connectivity index (χ1v) is 5.01. The molecule has 1 atom stereocenters. The Morgan fingerprint density at radius 2 is 1.62 bits per heavy atom. The zero-order chi connectivity index (χ0) is 13.0. The van der Waals surface area contributed by atoms with Crippen LogP contribution < -0.4 is 0 Å². The van der Waals surface area contributed by atoms with E-state index < -0.39 is 22.9 Å². The van der Waals surface area contributed by atoms with Crippen molar-refractivity contribution >= 4 is 11.9 Å². The van der Waals surface area contributed by atoms with E-state index in [9.17, 15) is 9.59 Å². The zero-order valence-electron chi connectivity index (χ0n) is 10.0. The van der Waals surface area contributed by atoms with Crippen molar-refractivity contribution in [3.05, 3.63) is 0 Å². The Morgan fingerprint density at radius 3 is 1.94 bits per heavy atom. The third-order valence-electron chi connectivity index (χ3n) is 2.56. The molecule has 92 valence electrons. The fourth-order valence-electron chi connectivity index (χ4n) is 0.742. The molecule has 6 heteroatoms. The number of nitrogens with zero attached hydrogens (tertiary/aromatic N) is 2. The van der Waals surface area contributed by atoms with E-state index in [1.807, 2.05) is 0 Å². The molecule has 0 aromatic heterocycles. The highest BCUT2D eigenvalue weighted by Gasteiger charge is 2.32. The van der Waals surface area contributed by atoms with Crippen LogP contribution in [0.2, 0.25) is 0 Å². The Bertz CT molecular complexity index is 312. The molecule has 0 aromatic rings. The van der Waals surface area contributed by atoms with Crippen molar-refractivity contribution in [2.75, 3.05) is 6.54 Å². The first-order valence-electron chi connectivity index (χ1n) is 5.01. The average Bonchev–Trinajstić information content (AvgIpc) is 2.16. The molecule has 16 heavy (non-hydrogen) atoms. The lowest BCUT2D eigenvalue weighted by Crippen LogP contribution is -2.31. The van der Waals surface area contributed by atoms with E-state index >= 15 is 0 Å². The van der Waals surface area contributed by atoms with Crippen molar-refractivity contribution in [3.8, 4) is 0 Å². The molecule has 0 aromatic carbocycles. The van der Waals surface area contributed by atoms with Crippen LogP contribution in [0.3, 0.4) is 0 Å². The molecule has 0 aliphatic carbocycles. The molecule has 1 unspecified atom stereocenters. The van der Waals surface area contributed by atoms with Crippen LogP contribution in [0.4, 0.5) is 0 Å². The Balaban J connectivity index is 4.61. The van der Waals surface area contributed by atoms with Gasteiger partial charge >= 0.3 is 11.9 Å². The monoisotopic (exact) mass is 230 g/mol. The van der Waals surface area contributed by atoms with Crippen LogP contribution in [0.1, 0.15) is 34.1 Å². The smallest absolute Gasteiger partial charge is 0.332 e. The maximum absolute atomic E-state index is 10.9. The van der Waals surface area contributed by atoms with Gasteiger partial charge in [-0.2, -0.15) is 10.2 Å². The minimum atomic E-state index is -1.31.